The number of aryl methyl sites for hydroxylation is 4. The van der Waals surface area contributed by atoms with Crippen LogP contribution in [0.3, 0.4) is 0 Å². The van der Waals surface area contributed by atoms with Crippen LogP contribution >= 0.6 is 15.9 Å². The Labute approximate surface area is 130 Å². The van der Waals surface area contributed by atoms with Crippen LogP contribution in [-0.2, 0) is 0 Å². The molecule has 0 radical (unpaired) electrons. The maximum absolute atomic E-state index is 3.62. The van der Waals surface area contributed by atoms with Crippen LogP contribution in [0.2, 0.25) is 0 Å². The van der Waals surface area contributed by atoms with E-state index < -0.39 is 0 Å². The molecule has 0 heterocycles. The van der Waals surface area contributed by atoms with Gasteiger partial charge in [-0.25, -0.2) is 0 Å². The van der Waals surface area contributed by atoms with Crippen LogP contribution < -0.4 is 5.32 Å². The second kappa shape index (κ2) is 6.01. The molecule has 106 valence electrons. The first-order valence-corrected chi connectivity index (χ1v) is 7.77. The Hall–Kier alpha value is -1.28. The average molecular weight is 332 g/mol. The molecular weight excluding hydrogens is 310 g/mol. The summed E-state index contributed by atoms with van der Waals surface area (Å²) in [5, 5.41) is 3.60. The van der Waals surface area contributed by atoms with Gasteiger partial charge in [0.05, 0.1) is 0 Å². The lowest BCUT2D eigenvalue weighted by Crippen LogP contribution is -2.07. The monoisotopic (exact) mass is 331 g/mol. The maximum Gasteiger partial charge on any atom is 0.0485 e. The molecule has 1 N–H and O–H groups in total. The molecule has 0 fully saturated rings. The third-order valence-corrected chi connectivity index (χ3v) is 4.81. The Kier molecular flexibility index (Phi) is 4.54. The topological polar surface area (TPSA) is 12.0 Å². The van der Waals surface area contributed by atoms with Crippen molar-refractivity contribution < 1.29 is 0 Å². The number of nitrogens with one attached hydrogen (secondary N) is 1. The van der Waals surface area contributed by atoms with Gasteiger partial charge in [0.25, 0.3) is 0 Å². The lowest BCUT2D eigenvalue weighted by molar-refractivity contribution is 0.880. The van der Waals surface area contributed by atoms with E-state index in [0.717, 1.165) is 0 Å². The van der Waals surface area contributed by atoms with Crippen LogP contribution in [0.4, 0.5) is 5.69 Å². The summed E-state index contributed by atoms with van der Waals surface area (Å²) in [6.07, 6.45) is 0. The lowest BCUT2D eigenvalue weighted by atomic mass is 10.0. The van der Waals surface area contributed by atoms with Crippen molar-refractivity contribution in [1.29, 1.82) is 0 Å². The van der Waals surface area contributed by atoms with Crippen LogP contribution in [0.1, 0.15) is 40.8 Å². The molecule has 2 rings (SSSR count). The summed E-state index contributed by atoms with van der Waals surface area (Å²) in [6, 6.07) is 11.4. The number of hydrogen-bond donors (Lipinski definition) is 1. The molecule has 2 aromatic carbocycles. The van der Waals surface area contributed by atoms with Crippen molar-refractivity contribution in [2.24, 2.45) is 0 Å². The predicted molar refractivity (Wildman–Crippen MR) is 91.6 cm³/mol. The second-order valence-electron chi connectivity index (χ2n) is 5.71. The number of anilines is 1. The number of benzene rings is 2. The fourth-order valence-corrected chi connectivity index (χ4v) is 2.85. The Morgan fingerprint density at radius 1 is 0.850 bits per heavy atom. The Morgan fingerprint density at radius 3 is 1.85 bits per heavy atom. The third-order valence-electron chi connectivity index (χ3n) is 3.56. The average Bonchev–Trinajstić information content (AvgIpc) is 2.34. The van der Waals surface area contributed by atoms with E-state index in [1.807, 2.05) is 0 Å². The Balaban J connectivity index is 2.25. The van der Waals surface area contributed by atoms with E-state index in [9.17, 15) is 0 Å². The predicted octanol–water partition coefficient (Wildman–Crippen LogP) is 5.86. The zero-order valence-corrected chi connectivity index (χ0v) is 14.4. The van der Waals surface area contributed by atoms with Crippen LogP contribution in [0, 0.1) is 27.7 Å². The second-order valence-corrected chi connectivity index (χ2v) is 6.50. The highest BCUT2D eigenvalue weighted by Crippen LogP contribution is 2.28. The molecule has 0 aromatic heterocycles. The van der Waals surface area contributed by atoms with Crippen LogP contribution in [-0.4, -0.2) is 0 Å². The minimum Gasteiger partial charge on any atom is -0.379 e. The fourth-order valence-electron chi connectivity index (χ4n) is 2.62. The summed E-state index contributed by atoms with van der Waals surface area (Å²) in [5.74, 6) is 0. The molecule has 1 atom stereocenters. The normalized spacial score (nSPS) is 12.3. The van der Waals surface area contributed by atoms with Gasteiger partial charge in [-0.15, -0.1) is 0 Å². The van der Waals surface area contributed by atoms with Crippen molar-refractivity contribution in [1.82, 2.24) is 0 Å². The van der Waals surface area contributed by atoms with Gasteiger partial charge >= 0.3 is 0 Å². The zero-order chi connectivity index (χ0) is 14.9. The van der Waals surface area contributed by atoms with Crippen molar-refractivity contribution in [3.63, 3.8) is 0 Å². The third kappa shape index (κ3) is 3.43. The number of hydrogen-bond acceptors (Lipinski definition) is 1. The molecule has 2 heteroatoms. The molecule has 0 aliphatic carbocycles. The number of halogens is 1. The molecule has 0 saturated carbocycles. The van der Waals surface area contributed by atoms with Crippen molar-refractivity contribution >= 4 is 21.6 Å². The van der Waals surface area contributed by atoms with Gasteiger partial charge in [-0.1, -0.05) is 45.3 Å². The van der Waals surface area contributed by atoms with Gasteiger partial charge in [-0.2, -0.15) is 0 Å². The van der Waals surface area contributed by atoms with E-state index in [1.165, 1.54) is 38.0 Å². The highest BCUT2D eigenvalue weighted by atomic mass is 79.9. The zero-order valence-electron chi connectivity index (χ0n) is 12.8. The molecule has 0 aliphatic heterocycles. The molecule has 1 unspecified atom stereocenters. The van der Waals surface area contributed by atoms with Gasteiger partial charge in [-0.3, -0.25) is 0 Å². The molecule has 0 bridgehead atoms. The summed E-state index contributed by atoms with van der Waals surface area (Å²) in [6.45, 7) is 10.8. The summed E-state index contributed by atoms with van der Waals surface area (Å²) in [7, 11) is 0. The molecule has 0 amide bonds. The Bertz CT molecular complexity index is 588. The van der Waals surface area contributed by atoms with E-state index in [4.69, 9.17) is 0 Å². The first-order valence-electron chi connectivity index (χ1n) is 6.98. The van der Waals surface area contributed by atoms with Gasteiger partial charge in [0.1, 0.15) is 0 Å². The molecule has 0 saturated heterocycles. The van der Waals surface area contributed by atoms with Crippen LogP contribution in [0.5, 0.6) is 0 Å². The molecule has 0 spiro atoms. The highest BCUT2D eigenvalue weighted by Gasteiger charge is 2.08. The van der Waals surface area contributed by atoms with Gasteiger partial charge in [0.2, 0.25) is 0 Å². The molecule has 1 nitrogen and oxygen atoms in total. The van der Waals surface area contributed by atoms with Gasteiger partial charge < -0.3 is 5.32 Å². The molecule has 2 aromatic rings. The lowest BCUT2D eigenvalue weighted by Gasteiger charge is -2.18. The first-order chi connectivity index (χ1) is 9.36. The SMILES string of the molecule is Cc1cc(C)cc(C(C)Nc2cc(C)c(Br)c(C)c2)c1. The van der Waals surface area contributed by atoms with E-state index in [-0.39, 0.29) is 0 Å². The first kappa shape index (κ1) is 15.1. The minimum absolute atomic E-state index is 0.300. The van der Waals surface area contributed by atoms with Crippen LogP contribution in [0.15, 0.2) is 34.8 Å². The van der Waals surface area contributed by atoms with Crippen molar-refractivity contribution in [2.75, 3.05) is 5.32 Å². The smallest absolute Gasteiger partial charge is 0.0485 e. The largest absolute Gasteiger partial charge is 0.379 e. The minimum atomic E-state index is 0.300. The van der Waals surface area contributed by atoms with E-state index in [0.29, 0.717) is 6.04 Å². The maximum atomic E-state index is 3.62. The fraction of sp³-hybridized carbons (Fsp3) is 0.333. The molecular formula is C18H22BrN. The van der Waals surface area contributed by atoms with Crippen molar-refractivity contribution in [2.45, 2.75) is 40.7 Å². The summed E-state index contributed by atoms with van der Waals surface area (Å²) in [5.41, 5.74) is 7.67. The number of rotatable bonds is 3. The quantitative estimate of drug-likeness (QED) is 0.743. The van der Waals surface area contributed by atoms with Crippen molar-refractivity contribution in [3.8, 4) is 0 Å². The van der Waals surface area contributed by atoms with Gasteiger partial charge in [0.15, 0.2) is 0 Å². The Morgan fingerprint density at radius 2 is 1.35 bits per heavy atom. The van der Waals surface area contributed by atoms with Crippen molar-refractivity contribution in [3.05, 3.63) is 62.6 Å². The van der Waals surface area contributed by atoms with Crippen LogP contribution in [0.25, 0.3) is 0 Å². The standard InChI is InChI=1S/C18H22BrN/c1-11-6-12(2)8-16(7-11)15(5)20-17-9-13(3)18(19)14(4)10-17/h6-10,15,20H,1-5H3. The van der Waals surface area contributed by atoms with Gasteiger partial charge in [-0.05, 0) is 63.4 Å². The molecule has 20 heavy (non-hydrogen) atoms. The van der Waals surface area contributed by atoms with E-state index in [1.54, 1.807) is 0 Å². The summed E-state index contributed by atoms with van der Waals surface area (Å²) < 4.78 is 1.20. The van der Waals surface area contributed by atoms with E-state index >= 15 is 0 Å². The highest BCUT2D eigenvalue weighted by molar-refractivity contribution is 9.10. The summed E-state index contributed by atoms with van der Waals surface area (Å²) in [4.78, 5) is 0. The van der Waals surface area contributed by atoms with E-state index in [2.05, 4.69) is 86.2 Å². The summed E-state index contributed by atoms with van der Waals surface area (Å²) >= 11 is 3.62. The van der Waals surface area contributed by atoms with Gasteiger partial charge in [0, 0.05) is 16.2 Å². The molecule has 0 aliphatic rings.